The molecule has 2 aromatic rings. The van der Waals surface area contributed by atoms with Gasteiger partial charge in [-0.15, -0.1) is 0 Å². The summed E-state index contributed by atoms with van der Waals surface area (Å²) in [7, 11) is -0.137. The van der Waals surface area contributed by atoms with Crippen LogP contribution in [0.15, 0.2) is 47.4 Å². The lowest BCUT2D eigenvalue weighted by Crippen LogP contribution is -3.12. The molecule has 1 N–H and O–H groups in total. The van der Waals surface area contributed by atoms with Crippen LogP contribution in [0.25, 0.3) is 10.8 Å². The molecule has 0 bridgehead atoms. The summed E-state index contributed by atoms with van der Waals surface area (Å²) in [6.45, 7) is 3.01. The van der Waals surface area contributed by atoms with Gasteiger partial charge in [-0.3, -0.25) is 4.79 Å². The first-order valence-corrected chi connectivity index (χ1v) is 9.86. The number of nitrogens with zero attached hydrogens (tertiary/aromatic N) is 2. The zero-order chi connectivity index (χ0) is 18.0. The van der Waals surface area contributed by atoms with Gasteiger partial charge in [-0.2, -0.15) is 4.31 Å². The number of benzene rings is 2. The van der Waals surface area contributed by atoms with Crippen LogP contribution in [0.1, 0.15) is 0 Å². The second kappa shape index (κ2) is 7.11. The van der Waals surface area contributed by atoms with Crippen LogP contribution < -0.4 is 4.90 Å². The number of sulfonamides is 1. The summed E-state index contributed by atoms with van der Waals surface area (Å²) in [6.07, 6.45) is 0. The second-order valence-electron chi connectivity index (χ2n) is 6.61. The molecule has 25 heavy (non-hydrogen) atoms. The number of hydrogen-bond donors (Lipinski definition) is 1. The molecule has 0 unspecified atom stereocenters. The fourth-order valence-electron chi connectivity index (χ4n) is 3.02. The number of fused-ring (bicyclic) bond motifs is 1. The zero-order valence-corrected chi connectivity index (χ0v) is 15.4. The van der Waals surface area contributed by atoms with Crippen molar-refractivity contribution in [1.82, 2.24) is 9.21 Å². The molecule has 2 aromatic carbocycles. The van der Waals surface area contributed by atoms with Crippen molar-refractivity contribution in [2.75, 3.05) is 46.8 Å². The Morgan fingerprint density at radius 3 is 2.44 bits per heavy atom. The average molecular weight is 362 g/mol. The quantitative estimate of drug-likeness (QED) is 0.821. The predicted octanol–water partition coefficient (Wildman–Crippen LogP) is -0.183. The summed E-state index contributed by atoms with van der Waals surface area (Å²) in [5, 5.41) is 1.85. The highest BCUT2D eigenvalue weighted by atomic mass is 32.2. The van der Waals surface area contributed by atoms with Crippen LogP contribution in [0.3, 0.4) is 0 Å². The summed E-state index contributed by atoms with van der Waals surface area (Å²) >= 11 is 0. The van der Waals surface area contributed by atoms with Gasteiger partial charge in [-0.05, 0) is 22.9 Å². The molecular weight excluding hydrogens is 338 g/mol. The number of carbonyl (C=O) groups is 1. The molecule has 1 fully saturated rings. The normalized spacial score (nSPS) is 16.5. The molecule has 1 aliphatic rings. The maximum atomic E-state index is 12.8. The summed E-state index contributed by atoms with van der Waals surface area (Å²) in [4.78, 5) is 15.8. The number of likely N-dealkylation sites (N-methyl/N-ethyl adjacent to an activating group) is 2. The molecule has 0 saturated carbocycles. The first kappa shape index (κ1) is 17.8. The number of amides is 1. The maximum absolute atomic E-state index is 12.8. The lowest BCUT2D eigenvalue weighted by molar-refractivity contribution is -0.883. The van der Waals surface area contributed by atoms with E-state index in [0.29, 0.717) is 13.1 Å². The van der Waals surface area contributed by atoms with E-state index < -0.39 is 10.0 Å². The highest BCUT2D eigenvalue weighted by Gasteiger charge is 2.27. The van der Waals surface area contributed by atoms with Crippen molar-refractivity contribution in [3.63, 3.8) is 0 Å². The van der Waals surface area contributed by atoms with Crippen molar-refractivity contribution >= 4 is 26.7 Å². The lowest BCUT2D eigenvalue weighted by Gasteiger charge is -2.31. The van der Waals surface area contributed by atoms with Gasteiger partial charge in [-0.25, -0.2) is 8.42 Å². The van der Waals surface area contributed by atoms with Crippen molar-refractivity contribution in [2.45, 2.75) is 4.90 Å². The van der Waals surface area contributed by atoms with Gasteiger partial charge in [-0.1, -0.05) is 30.3 Å². The van der Waals surface area contributed by atoms with E-state index in [1.54, 1.807) is 23.1 Å². The summed E-state index contributed by atoms with van der Waals surface area (Å²) in [5.41, 5.74) is 0. The van der Waals surface area contributed by atoms with Gasteiger partial charge in [0.1, 0.15) is 0 Å². The minimum absolute atomic E-state index is 0.131. The molecule has 3 rings (SSSR count). The third kappa shape index (κ3) is 3.84. The second-order valence-corrected chi connectivity index (χ2v) is 8.65. The standard InChI is InChI=1S/C18H23N3O3S/c1-19-9-11-21(12-10-19)18(22)14-20(2)25(23,24)17-8-7-15-5-3-4-6-16(15)13-17/h3-8,13H,9-12,14H2,1-2H3/p+1. The van der Waals surface area contributed by atoms with Crippen molar-refractivity contribution in [2.24, 2.45) is 0 Å². The van der Waals surface area contributed by atoms with Crippen molar-refractivity contribution in [3.8, 4) is 0 Å². The summed E-state index contributed by atoms with van der Waals surface area (Å²) in [5.74, 6) is -0.139. The number of piperazine rings is 1. The van der Waals surface area contributed by atoms with E-state index >= 15 is 0 Å². The fraction of sp³-hybridized carbons (Fsp3) is 0.389. The Hall–Kier alpha value is -1.96. The van der Waals surface area contributed by atoms with E-state index in [1.807, 2.05) is 24.3 Å². The molecular formula is C18H24N3O3S+. The first-order chi connectivity index (χ1) is 11.9. The van der Waals surface area contributed by atoms with Crippen LogP contribution in [-0.4, -0.2) is 70.3 Å². The number of carbonyl (C=O) groups excluding carboxylic acids is 1. The fourth-order valence-corrected chi connectivity index (χ4v) is 4.18. The molecule has 7 heteroatoms. The third-order valence-corrected chi connectivity index (χ3v) is 6.56. The average Bonchev–Trinajstić information content (AvgIpc) is 2.61. The Bertz CT molecular complexity index is 874. The van der Waals surface area contributed by atoms with Crippen LogP contribution in [-0.2, 0) is 14.8 Å². The predicted molar refractivity (Wildman–Crippen MR) is 97.0 cm³/mol. The Labute approximate surface area is 148 Å². The third-order valence-electron chi connectivity index (χ3n) is 4.76. The van der Waals surface area contributed by atoms with Crippen molar-refractivity contribution in [3.05, 3.63) is 42.5 Å². The van der Waals surface area contributed by atoms with E-state index in [9.17, 15) is 13.2 Å². The van der Waals surface area contributed by atoms with Crippen LogP contribution in [0.4, 0.5) is 0 Å². The number of quaternary nitrogens is 1. The largest absolute Gasteiger partial charge is 0.334 e. The number of hydrogen-bond acceptors (Lipinski definition) is 3. The molecule has 1 heterocycles. The Morgan fingerprint density at radius 1 is 1.12 bits per heavy atom. The SMILES string of the molecule is CN(CC(=O)N1CC[NH+](C)CC1)S(=O)(=O)c1ccc2ccccc2c1. The highest BCUT2D eigenvalue weighted by Crippen LogP contribution is 2.21. The topological polar surface area (TPSA) is 62.1 Å². The molecule has 0 aliphatic carbocycles. The van der Waals surface area contributed by atoms with E-state index in [4.69, 9.17) is 0 Å². The molecule has 0 atom stereocenters. The van der Waals surface area contributed by atoms with Gasteiger partial charge in [0.2, 0.25) is 15.9 Å². The molecule has 6 nitrogen and oxygen atoms in total. The molecule has 1 aliphatic heterocycles. The van der Waals surface area contributed by atoms with Gasteiger partial charge < -0.3 is 9.80 Å². The van der Waals surface area contributed by atoms with Gasteiger partial charge in [0.25, 0.3) is 0 Å². The Balaban J connectivity index is 1.75. The van der Waals surface area contributed by atoms with Crippen molar-refractivity contribution in [1.29, 1.82) is 0 Å². The lowest BCUT2D eigenvalue weighted by atomic mass is 10.1. The monoisotopic (exact) mass is 362 g/mol. The molecule has 0 spiro atoms. The summed E-state index contributed by atoms with van der Waals surface area (Å²) in [6, 6.07) is 12.7. The van der Waals surface area contributed by atoms with E-state index in [1.165, 1.54) is 11.9 Å². The van der Waals surface area contributed by atoms with Gasteiger partial charge >= 0.3 is 0 Å². The van der Waals surface area contributed by atoms with Gasteiger partial charge in [0.15, 0.2) is 0 Å². The Morgan fingerprint density at radius 2 is 1.76 bits per heavy atom. The first-order valence-electron chi connectivity index (χ1n) is 8.42. The van der Waals surface area contributed by atoms with Crippen LogP contribution in [0, 0.1) is 0 Å². The van der Waals surface area contributed by atoms with Crippen LogP contribution >= 0.6 is 0 Å². The van der Waals surface area contributed by atoms with E-state index in [-0.39, 0.29) is 17.3 Å². The number of rotatable bonds is 4. The molecule has 0 radical (unpaired) electrons. The molecule has 1 saturated heterocycles. The summed E-state index contributed by atoms with van der Waals surface area (Å²) < 4.78 is 26.7. The van der Waals surface area contributed by atoms with E-state index in [2.05, 4.69) is 7.05 Å². The number of nitrogens with one attached hydrogen (secondary N) is 1. The highest BCUT2D eigenvalue weighted by molar-refractivity contribution is 7.89. The molecule has 0 aromatic heterocycles. The Kier molecular flexibility index (Phi) is 5.08. The maximum Gasteiger partial charge on any atom is 0.243 e. The molecule has 1 amide bonds. The minimum Gasteiger partial charge on any atom is -0.334 e. The molecule has 134 valence electrons. The minimum atomic E-state index is -3.69. The van der Waals surface area contributed by atoms with E-state index in [0.717, 1.165) is 28.2 Å². The van der Waals surface area contributed by atoms with Gasteiger partial charge in [0.05, 0.1) is 44.7 Å². The van der Waals surface area contributed by atoms with Gasteiger partial charge in [0, 0.05) is 7.05 Å². The smallest absolute Gasteiger partial charge is 0.243 e. The van der Waals surface area contributed by atoms with Crippen LogP contribution in [0.2, 0.25) is 0 Å². The van der Waals surface area contributed by atoms with Crippen LogP contribution in [0.5, 0.6) is 0 Å². The van der Waals surface area contributed by atoms with Crippen molar-refractivity contribution < 1.29 is 18.1 Å². The zero-order valence-electron chi connectivity index (χ0n) is 14.6.